The highest BCUT2D eigenvalue weighted by molar-refractivity contribution is 7.30. The first-order chi connectivity index (χ1) is 4.65. The molecule has 2 N–H and O–H groups in total. The fraction of sp³-hybridized carbons (Fsp3) is 1.00. The van der Waals surface area contributed by atoms with Crippen LogP contribution in [0.4, 0.5) is 0 Å². The van der Waals surface area contributed by atoms with Crippen molar-refractivity contribution >= 4 is 19.9 Å². The minimum Gasteiger partial charge on any atom is -0.326 e. The molecule has 0 aromatic heterocycles. The van der Waals surface area contributed by atoms with Crippen molar-refractivity contribution < 1.29 is 14.4 Å². The average molecular weight is 189 g/mol. The second kappa shape index (κ2) is 12.1. The van der Waals surface area contributed by atoms with Gasteiger partial charge < -0.3 is 9.79 Å². The molecule has 3 nitrogen and oxygen atoms in total. The Balaban J connectivity index is 0. The summed E-state index contributed by atoms with van der Waals surface area (Å²) >= 11 is 5.38. The summed E-state index contributed by atoms with van der Waals surface area (Å²) in [4.78, 5) is 14.3. The average Bonchev–Trinajstić information content (AvgIpc) is 1.82. The largest absolute Gasteiger partial charge is 0.326 e. The number of alkyl halides is 1. The van der Waals surface area contributed by atoms with Crippen molar-refractivity contribution in [3.8, 4) is 0 Å². The molecule has 0 saturated carbocycles. The van der Waals surface area contributed by atoms with Gasteiger partial charge in [-0.3, -0.25) is 4.57 Å². The highest BCUT2D eigenvalue weighted by Gasteiger charge is 1.76. The van der Waals surface area contributed by atoms with Crippen LogP contribution in [0.15, 0.2) is 0 Å². The Kier molecular flexibility index (Phi) is 15.9. The predicted octanol–water partition coefficient (Wildman–Crippen LogP) is 1.78. The molecule has 0 saturated heterocycles. The maximum atomic E-state index is 8.74. The Bertz CT molecular complexity index is 71.3. The second-order valence-electron chi connectivity index (χ2n) is 1.68. The highest BCUT2D eigenvalue weighted by atomic mass is 35.5. The Morgan fingerprint density at radius 1 is 1.40 bits per heavy atom. The Hall–Kier alpha value is 0.440. The van der Waals surface area contributed by atoms with Crippen molar-refractivity contribution in [2.45, 2.75) is 26.2 Å². The van der Waals surface area contributed by atoms with E-state index in [1.54, 1.807) is 0 Å². The number of hydrogen-bond donors (Lipinski definition) is 2. The number of halogens is 1. The molecule has 0 aliphatic heterocycles. The van der Waals surface area contributed by atoms with Gasteiger partial charge in [-0.2, -0.15) is 0 Å². The SMILES string of the molecule is CCCCCCl.O=[PH](O)O. The standard InChI is InChI=1S/C5H11Cl.H3O3P/c1-2-3-4-5-6;1-4(2)3/h2-5H2,1H3;4H,(H2,1,2,3). The van der Waals surface area contributed by atoms with Gasteiger partial charge in [0.15, 0.2) is 0 Å². The van der Waals surface area contributed by atoms with Crippen LogP contribution in [0, 0.1) is 0 Å². The summed E-state index contributed by atoms with van der Waals surface area (Å²) in [5, 5.41) is 0. The van der Waals surface area contributed by atoms with Gasteiger partial charge in [-0.1, -0.05) is 19.8 Å². The van der Waals surface area contributed by atoms with Gasteiger partial charge in [-0.05, 0) is 6.42 Å². The molecule has 0 aromatic carbocycles. The lowest BCUT2D eigenvalue weighted by Gasteiger charge is -1.84. The molecule has 10 heavy (non-hydrogen) atoms. The van der Waals surface area contributed by atoms with Crippen LogP contribution < -0.4 is 0 Å². The molecule has 64 valence electrons. The summed E-state index contributed by atoms with van der Waals surface area (Å²) in [7, 11) is -3.13. The van der Waals surface area contributed by atoms with E-state index in [4.69, 9.17) is 26.0 Å². The molecule has 5 heteroatoms. The minimum atomic E-state index is -3.13. The van der Waals surface area contributed by atoms with Crippen LogP contribution in [0.3, 0.4) is 0 Å². The van der Waals surface area contributed by atoms with Gasteiger partial charge >= 0.3 is 8.25 Å². The normalized spacial score (nSPS) is 8.90. The molecule has 0 atom stereocenters. The molecule has 0 aliphatic rings. The van der Waals surface area contributed by atoms with Gasteiger partial charge in [0.1, 0.15) is 0 Å². The van der Waals surface area contributed by atoms with Crippen molar-refractivity contribution in [2.24, 2.45) is 0 Å². The third-order valence-corrected chi connectivity index (χ3v) is 1.00. The van der Waals surface area contributed by atoms with E-state index >= 15 is 0 Å². The second-order valence-corrected chi connectivity index (χ2v) is 2.62. The van der Waals surface area contributed by atoms with Gasteiger partial charge in [0.05, 0.1) is 0 Å². The first kappa shape index (κ1) is 13.1. The Morgan fingerprint density at radius 3 is 1.90 bits per heavy atom. The molecule has 0 rings (SSSR count). The Labute approximate surface area is 67.0 Å². The zero-order valence-corrected chi connectivity index (χ0v) is 7.76. The van der Waals surface area contributed by atoms with Gasteiger partial charge in [0, 0.05) is 5.88 Å². The van der Waals surface area contributed by atoms with Gasteiger partial charge in [-0.25, -0.2) is 0 Å². The third kappa shape index (κ3) is 39.5. The minimum absolute atomic E-state index is 0.827. The van der Waals surface area contributed by atoms with E-state index in [2.05, 4.69) is 6.92 Å². The zero-order chi connectivity index (χ0) is 8.41. The molecule has 0 radical (unpaired) electrons. The summed E-state index contributed by atoms with van der Waals surface area (Å²) < 4.78 is 8.74. The molecule has 0 aliphatic carbocycles. The van der Waals surface area contributed by atoms with E-state index < -0.39 is 8.25 Å². The van der Waals surface area contributed by atoms with Crippen molar-refractivity contribution in [1.29, 1.82) is 0 Å². The van der Waals surface area contributed by atoms with Crippen LogP contribution >= 0.6 is 19.9 Å². The van der Waals surface area contributed by atoms with Gasteiger partial charge in [0.2, 0.25) is 0 Å². The Morgan fingerprint density at radius 2 is 1.80 bits per heavy atom. The van der Waals surface area contributed by atoms with Crippen molar-refractivity contribution in [3.63, 3.8) is 0 Å². The molecular formula is C5H14ClO3P. The number of hydrogen-bond acceptors (Lipinski definition) is 1. The van der Waals surface area contributed by atoms with E-state index in [1.807, 2.05) is 0 Å². The van der Waals surface area contributed by atoms with E-state index in [9.17, 15) is 0 Å². The van der Waals surface area contributed by atoms with Crippen molar-refractivity contribution in [1.82, 2.24) is 0 Å². The van der Waals surface area contributed by atoms with E-state index in [0.29, 0.717) is 0 Å². The van der Waals surface area contributed by atoms with Crippen LogP contribution in [0.5, 0.6) is 0 Å². The molecule has 0 heterocycles. The quantitative estimate of drug-likeness (QED) is 0.403. The maximum Gasteiger partial charge on any atom is 0.314 e. The fourth-order valence-electron chi connectivity index (χ4n) is 0.344. The number of rotatable bonds is 3. The zero-order valence-electron chi connectivity index (χ0n) is 6.01. The summed E-state index contributed by atoms with van der Waals surface area (Å²) in [6, 6.07) is 0. The van der Waals surface area contributed by atoms with Crippen LogP contribution in [0.25, 0.3) is 0 Å². The van der Waals surface area contributed by atoms with Crippen LogP contribution in [0.2, 0.25) is 0 Å². The molecular weight excluding hydrogens is 174 g/mol. The molecule has 0 spiro atoms. The van der Waals surface area contributed by atoms with Crippen LogP contribution in [0.1, 0.15) is 26.2 Å². The topological polar surface area (TPSA) is 57.5 Å². The van der Waals surface area contributed by atoms with Crippen molar-refractivity contribution in [3.05, 3.63) is 0 Å². The van der Waals surface area contributed by atoms with Crippen LogP contribution in [-0.4, -0.2) is 15.7 Å². The smallest absolute Gasteiger partial charge is 0.314 e. The van der Waals surface area contributed by atoms with Gasteiger partial charge in [-0.15, -0.1) is 11.6 Å². The molecule has 0 aromatic rings. The first-order valence-electron chi connectivity index (χ1n) is 3.13. The molecule has 0 fully saturated rings. The monoisotopic (exact) mass is 188 g/mol. The van der Waals surface area contributed by atoms with Crippen molar-refractivity contribution in [2.75, 3.05) is 5.88 Å². The van der Waals surface area contributed by atoms with Gasteiger partial charge in [0.25, 0.3) is 0 Å². The van der Waals surface area contributed by atoms with E-state index in [-0.39, 0.29) is 0 Å². The predicted molar refractivity (Wildman–Crippen MR) is 43.7 cm³/mol. The molecule has 0 amide bonds. The van der Waals surface area contributed by atoms with E-state index in [1.165, 1.54) is 19.3 Å². The lowest BCUT2D eigenvalue weighted by molar-refractivity contribution is 0.405. The number of unbranched alkanes of at least 4 members (excludes halogenated alkanes) is 2. The van der Waals surface area contributed by atoms with E-state index in [0.717, 1.165) is 5.88 Å². The molecule has 0 bridgehead atoms. The summed E-state index contributed by atoms with van der Waals surface area (Å²) in [5.74, 6) is 0.827. The molecule has 0 unspecified atom stereocenters. The first-order valence-corrected chi connectivity index (χ1v) is 4.96. The third-order valence-electron chi connectivity index (χ3n) is 0.737. The lowest BCUT2D eigenvalue weighted by atomic mass is 10.3. The van der Waals surface area contributed by atoms with Crippen LogP contribution in [-0.2, 0) is 4.57 Å². The highest BCUT2D eigenvalue weighted by Crippen LogP contribution is 1.98. The summed E-state index contributed by atoms with van der Waals surface area (Å²) in [5.41, 5.74) is 0. The summed E-state index contributed by atoms with van der Waals surface area (Å²) in [6.07, 6.45) is 3.73. The summed E-state index contributed by atoms with van der Waals surface area (Å²) in [6.45, 7) is 2.17. The lowest BCUT2D eigenvalue weighted by Crippen LogP contribution is -1.70. The maximum absolute atomic E-state index is 8.74. The fourth-order valence-corrected chi connectivity index (χ4v) is 0.533.